The van der Waals surface area contributed by atoms with E-state index in [1.165, 1.54) is 6.07 Å². The Bertz CT molecular complexity index is 934. The third kappa shape index (κ3) is 3.62. The van der Waals surface area contributed by atoms with Crippen molar-refractivity contribution in [2.75, 3.05) is 24.7 Å². The van der Waals surface area contributed by atoms with Crippen LogP contribution in [-0.2, 0) is 14.6 Å². The molecule has 1 atom stereocenters. The van der Waals surface area contributed by atoms with Crippen molar-refractivity contribution in [3.05, 3.63) is 17.6 Å². The van der Waals surface area contributed by atoms with Crippen LogP contribution in [0.3, 0.4) is 0 Å². The Kier molecular flexibility index (Phi) is 4.75. The Balaban J connectivity index is 1.76. The number of alkyl halides is 2. The molecule has 4 heterocycles. The number of hydrogen-bond donors (Lipinski definition) is 0. The molecule has 0 spiro atoms. The summed E-state index contributed by atoms with van der Waals surface area (Å²) in [6.07, 6.45) is 1.98. The molecule has 0 aromatic carbocycles. The van der Waals surface area contributed by atoms with Crippen LogP contribution < -0.4 is 0 Å². The fourth-order valence-electron chi connectivity index (χ4n) is 3.66. The van der Waals surface area contributed by atoms with Crippen molar-refractivity contribution in [2.24, 2.45) is 0 Å². The number of hydrogen-bond acceptors (Lipinski definition) is 6. The van der Waals surface area contributed by atoms with E-state index >= 15 is 0 Å². The summed E-state index contributed by atoms with van der Waals surface area (Å²) in [4.78, 5) is 4.59. The minimum atomic E-state index is -3.13. The van der Waals surface area contributed by atoms with Gasteiger partial charge in [0.25, 0.3) is 0 Å². The highest BCUT2D eigenvalue weighted by atomic mass is 32.2. The molecule has 2 aromatic rings. The molecule has 1 unspecified atom stereocenters. The predicted molar refractivity (Wildman–Crippen MR) is 92.3 cm³/mol. The van der Waals surface area contributed by atoms with Gasteiger partial charge < -0.3 is 4.74 Å². The summed E-state index contributed by atoms with van der Waals surface area (Å²) >= 11 is 0. The monoisotopic (exact) mass is 401 g/mol. The smallest absolute Gasteiger partial charge is 0.333 e. The molecular weight excluding hydrogens is 380 g/mol. The van der Waals surface area contributed by atoms with Crippen molar-refractivity contribution in [2.45, 2.75) is 44.7 Å². The van der Waals surface area contributed by atoms with Gasteiger partial charge in [-0.05, 0) is 32.3 Å². The molecule has 0 amide bonds. The van der Waals surface area contributed by atoms with Crippen molar-refractivity contribution in [1.82, 2.24) is 24.5 Å². The Labute approximate surface area is 155 Å². The van der Waals surface area contributed by atoms with Gasteiger partial charge in [-0.2, -0.15) is 19.0 Å². The van der Waals surface area contributed by atoms with E-state index in [-0.39, 0.29) is 29.2 Å². The Morgan fingerprint density at radius 3 is 2.56 bits per heavy atom. The molecule has 11 heteroatoms. The zero-order valence-electron chi connectivity index (χ0n) is 14.9. The van der Waals surface area contributed by atoms with Crippen molar-refractivity contribution >= 4 is 9.84 Å². The SMILES string of the molecule is Cc1cc(-c2nc(C3CCOCC3)nn2C2CCS(=O)(=O)C2)nn1C(F)F. The van der Waals surface area contributed by atoms with E-state index in [1.54, 1.807) is 11.6 Å². The molecule has 0 aliphatic carbocycles. The van der Waals surface area contributed by atoms with E-state index < -0.39 is 16.4 Å². The first kappa shape index (κ1) is 18.5. The second kappa shape index (κ2) is 6.93. The first-order valence-corrected chi connectivity index (χ1v) is 10.8. The predicted octanol–water partition coefficient (Wildman–Crippen LogP) is 2.10. The van der Waals surface area contributed by atoms with E-state index in [2.05, 4.69) is 15.2 Å². The summed E-state index contributed by atoms with van der Waals surface area (Å²) in [5.74, 6) is 1.12. The highest BCUT2D eigenvalue weighted by molar-refractivity contribution is 7.91. The summed E-state index contributed by atoms with van der Waals surface area (Å²) in [5, 5.41) is 8.57. The first-order valence-electron chi connectivity index (χ1n) is 8.93. The maximum atomic E-state index is 13.1. The Morgan fingerprint density at radius 2 is 1.96 bits per heavy atom. The molecule has 2 aromatic heterocycles. The van der Waals surface area contributed by atoms with Gasteiger partial charge in [-0.1, -0.05) is 0 Å². The molecule has 2 fully saturated rings. The van der Waals surface area contributed by atoms with Crippen molar-refractivity contribution < 1.29 is 21.9 Å². The van der Waals surface area contributed by atoms with Crippen molar-refractivity contribution in [3.63, 3.8) is 0 Å². The Morgan fingerprint density at radius 1 is 1.22 bits per heavy atom. The molecule has 148 valence electrons. The fraction of sp³-hybridized carbons (Fsp3) is 0.688. The molecule has 8 nitrogen and oxygen atoms in total. The average Bonchev–Trinajstić information content (AvgIpc) is 3.31. The van der Waals surface area contributed by atoms with E-state index in [0.717, 1.165) is 12.8 Å². The van der Waals surface area contributed by atoms with Gasteiger partial charge in [0.1, 0.15) is 5.69 Å². The van der Waals surface area contributed by atoms with Crippen LogP contribution in [0.15, 0.2) is 6.07 Å². The standard InChI is InChI=1S/C16H21F2N5O3S/c1-10-8-13(20-22(10)16(17)18)15-19-14(11-2-5-26-6-3-11)21-23(15)12-4-7-27(24,25)9-12/h8,11-12,16H,2-7,9H2,1H3. The number of nitrogens with zero attached hydrogens (tertiary/aromatic N) is 5. The van der Waals surface area contributed by atoms with E-state index in [1.807, 2.05) is 0 Å². The normalized spacial score (nSPS) is 23.3. The Hall–Kier alpha value is -1.88. The van der Waals surface area contributed by atoms with E-state index in [9.17, 15) is 17.2 Å². The zero-order valence-corrected chi connectivity index (χ0v) is 15.7. The minimum absolute atomic E-state index is 0.0227. The van der Waals surface area contributed by atoms with Gasteiger partial charge in [0, 0.05) is 24.8 Å². The number of ether oxygens (including phenoxy) is 1. The second-order valence-electron chi connectivity index (χ2n) is 7.07. The lowest BCUT2D eigenvalue weighted by Gasteiger charge is -2.19. The molecule has 2 saturated heterocycles. The maximum absolute atomic E-state index is 13.1. The van der Waals surface area contributed by atoms with Gasteiger partial charge in [0.15, 0.2) is 21.5 Å². The van der Waals surface area contributed by atoms with Gasteiger partial charge in [-0.25, -0.2) is 22.8 Å². The van der Waals surface area contributed by atoms with Gasteiger partial charge in [-0.15, -0.1) is 0 Å². The lowest BCUT2D eigenvalue weighted by molar-refractivity contribution is 0.0546. The topological polar surface area (TPSA) is 91.9 Å². The lowest BCUT2D eigenvalue weighted by atomic mass is 10.00. The van der Waals surface area contributed by atoms with Crippen LogP contribution in [0.4, 0.5) is 8.78 Å². The number of sulfone groups is 1. The zero-order chi connectivity index (χ0) is 19.2. The number of rotatable bonds is 4. The minimum Gasteiger partial charge on any atom is -0.381 e. The van der Waals surface area contributed by atoms with E-state index in [4.69, 9.17) is 4.74 Å². The van der Waals surface area contributed by atoms with Crippen molar-refractivity contribution in [3.8, 4) is 11.5 Å². The van der Waals surface area contributed by atoms with Crippen molar-refractivity contribution in [1.29, 1.82) is 0 Å². The maximum Gasteiger partial charge on any atom is 0.333 e. The molecule has 2 aliphatic rings. The molecule has 0 radical (unpaired) electrons. The van der Waals surface area contributed by atoms with Crippen LogP contribution in [0.25, 0.3) is 11.5 Å². The molecule has 0 bridgehead atoms. The van der Waals surface area contributed by atoms with Crippen LogP contribution in [0.5, 0.6) is 0 Å². The summed E-state index contributed by atoms with van der Waals surface area (Å²) in [6, 6.07) is 1.17. The van der Waals surface area contributed by atoms with Gasteiger partial charge in [-0.3, -0.25) is 0 Å². The largest absolute Gasteiger partial charge is 0.381 e. The number of halogens is 2. The van der Waals surface area contributed by atoms with Crippen LogP contribution in [0, 0.1) is 6.92 Å². The summed E-state index contributed by atoms with van der Waals surface area (Å²) in [5.41, 5.74) is 0.587. The average molecular weight is 401 g/mol. The second-order valence-corrected chi connectivity index (χ2v) is 9.30. The molecule has 0 N–H and O–H groups in total. The highest BCUT2D eigenvalue weighted by Crippen LogP contribution is 2.32. The van der Waals surface area contributed by atoms with Gasteiger partial charge >= 0.3 is 6.55 Å². The quantitative estimate of drug-likeness (QED) is 0.779. The first-order chi connectivity index (χ1) is 12.8. The lowest BCUT2D eigenvalue weighted by Crippen LogP contribution is -2.17. The molecule has 0 saturated carbocycles. The molecular formula is C16H21F2N5O3S. The third-order valence-corrected chi connectivity index (χ3v) is 6.88. The number of aryl methyl sites for hydroxylation is 1. The molecule has 4 rings (SSSR count). The van der Waals surface area contributed by atoms with E-state index in [0.29, 0.717) is 41.7 Å². The van der Waals surface area contributed by atoms with Gasteiger partial charge in [0.2, 0.25) is 0 Å². The van der Waals surface area contributed by atoms with Crippen LogP contribution >= 0.6 is 0 Å². The molecule has 27 heavy (non-hydrogen) atoms. The van der Waals surface area contributed by atoms with Crippen LogP contribution in [0.2, 0.25) is 0 Å². The fourth-order valence-corrected chi connectivity index (χ4v) is 5.35. The van der Waals surface area contributed by atoms with Gasteiger partial charge in [0.05, 0.1) is 17.5 Å². The summed E-state index contributed by atoms with van der Waals surface area (Å²) < 4.78 is 57.7. The highest BCUT2D eigenvalue weighted by Gasteiger charge is 2.34. The summed E-state index contributed by atoms with van der Waals surface area (Å²) in [7, 11) is -3.13. The third-order valence-electron chi connectivity index (χ3n) is 5.12. The van der Waals surface area contributed by atoms with Crippen LogP contribution in [-0.4, -0.2) is 57.7 Å². The number of aromatic nitrogens is 5. The van der Waals surface area contributed by atoms with Crippen LogP contribution in [0.1, 0.15) is 49.3 Å². The summed E-state index contributed by atoms with van der Waals surface area (Å²) in [6.45, 7) is 0.0247. The molecule has 2 aliphatic heterocycles.